The van der Waals surface area contributed by atoms with Crippen LogP contribution < -0.4 is 10.5 Å². The van der Waals surface area contributed by atoms with Gasteiger partial charge < -0.3 is 10.5 Å². The van der Waals surface area contributed by atoms with Crippen LogP contribution in [0.3, 0.4) is 0 Å². The van der Waals surface area contributed by atoms with Gasteiger partial charge in [-0.1, -0.05) is 6.07 Å². The van der Waals surface area contributed by atoms with Crippen LogP contribution in [0.2, 0.25) is 0 Å². The fourth-order valence-corrected chi connectivity index (χ4v) is 4.38. The van der Waals surface area contributed by atoms with E-state index in [1.165, 1.54) is 4.31 Å². The molecule has 1 unspecified atom stereocenters. The predicted molar refractivity (Wildman–Crippen MR) is 88.2 cm³/mol. The number of nitrogen functional groups attached to an aromatic ring is 1. The average molecular weight is 348 g/mol. The number of nitrogens with one attached hydrogen (secondary N) is 1. The fourth-order valence-electron chi connectivity index (χ4n) is 3.00. The lowest BCUT2D eigenvalue weighted by molar-refractivity contribution is 0.0722. The summed E-state index contributed by atoms with van der Waals surface area (Å²) in [5.41, 5.74) is 8.74. The monoisotopic (exact) mass is 347 g/mol. The molecule has 0 aromatic heterocycles. The molecule has 3 N–H and O–H groups in total. The predicted octanol–water partition coefficient (Wildman–Crippen LogP) is 1.23. The van der Waals surface area contributed by atoms with E-state index in [-0.39, 0.29) is 18.4 Å². The van der Waals surface area contributed by atoms with Crippen molar-refractivity contribution in [3.8, 4) is 0 Å². The average Bonchev–Trinajstić information content (AvgIpc) is 2.48. The number of anilines is 1. The second-order valence-electron chi connectivity index (χ2n) is 5.54. The Morgan fingerprint density at radius 1 is 1.27 bits per heavy atom. The minimum atomic E-state index is -3.46. The van der Waals surface area contributed by atoms with E-state index in [4.69, 9.17) is 10.5 Å². The summed E-state index contributed by atoms with van der Waals surface area (Å²) in [7, 11) is -3.46. The van der Waals surface area contributed by atoms with Gasteiger partial charge in [0.25, 0.3) is 10.2 Å². The molecule has 3 rings (SSSR count). The number of nitrogens with two attached hydrogens (primary N) is 1. The fraction of sp³-hybridized carbons (Fsp3) is 0.571. The Balaban J connectivity index is 0.00000176. The Labute approximate surface area is 137 Å². The molecule has 1 atom stereocenters. The highest BCUT2D eigenvalue weighted by Gasteiger charge is 2.29. The van der Waals surface area contributed by atoms with Crippen molar-refractivity contribution in [3.05, 3.63) is 29.3 Å². The Kier molecular flexibility index (Phi) is 5.68. The first kappa shape index (κ1) is 17.5. The van der Waals surface area contributed by atoms with Crippen molar-refractivity contribution in [3.63, 3.8) is 0 Å². The Hall–Kier alpha value is -0.860. The molecule has 6 nitrogen and oxygen atoms in total. The first-order valence-corrected chi connectivity index (χ1v) is 8.74. The van der Waals surface area contributed by atoms with Gasteiger partial charge in [-0.3, -0.25) is 0 Å². The van der Waals surface area contributed by atoms with E-state index in [2.05, 4.69) is 4.72 Å². The molecule has 124 valence electrons. The minimum Gasteiger partial charge on any atom is -0.399 e. The summed E-state index contributed by atoms with van der Waals surface area (Å²) in [5.74, 6) is 0. The van der Waals surface area contributed by atoms with Crippen LogP contribution in [0.5, 0.6) is 0 Å². The summed E-state index contributed by atoms with van der Waals surface area (Å²) in [6, 6.07) is 5.56. The van der Waals surface area contributed by atoms with Gasteiger partial charge in [-0.15, -0.1) is 12.4 Å². The van der Waals surface area contributed by atoms with Crippen LogP contribution >= 0.6 is 12.4 Å². The van der Waals surface area contributed by atoms with Gasteiger partial charge in [-0.2, -0.15) is 17.4 Å². The van der Waals surface area contributed by atoms with Crippen molar-refractivity contribution in [1.82, 2.24) is 9.03 Å². The van der Waals surface area contributed by atoms with E-state index >= 15 is 0 Å². The Morgan fingerprint density at radius 2 is 2.00 bits per heavy atom. The second kappa shape index (κ2) is 7.14. The lowest BCUT2D eigenvalue weighted by Crippen LogP contribution is -2.47. The molecule has 1 aliphatic carbocycles. The van der Waals surface area contributed by atoms with Gasteiger partial charge in [0, 0.05) is 24.8 Å². The molecular weight excluding hydrogens is 326 g/mol. The number of halogens is 1. The summed E-state index contributed by atoms with van der Waals surface area (Å²) >= 11 is 0. The van der Waals surface area contributed by atoms with E-state index in [1.807, 2.05) is 18.2 Å². The Bertz CT molecular complexity index is 618. The SMILES string of the molecule is Cl.Nc1ccc2c(c1)CCCC2NS(=O)(=O)N1CCOCC1. The van der Waals surface area contributed by atoms with Crippen LogP contribution in [0.4, 0.5) is 5.69 Å². The van der Waals surface area contributed by atoms with E-state index in [1.54, 1.807) is 0 Å². The van der Waals surface area contributed by atoms with Crippen LogP contribution in [0.15, 0.2) is 18.2 Å². The number of aryl methyl sites for hydroxylation is 1. The third kappa shape index (κ3) is 3.72. The number of nitrogens with zero attached hydrogens (tertiary/aromatic N) is 1. The van der Waals surface area contributed by atoms with E-state index in [0.717, 1.165) is 36.1 Å². The zero-order valence-electron chi connectivity index (χ0n) is 12.3. The number of hydrogen-bond donors (Lipinski definition) is 2. The first-order chi connectivity index (χ1) is 10.1. The van der Waals surface area contributed by atoms with Gasteiger partial charge in [0.05, 0.1) is 13.2 Å². The quantitative estimate of drug-likeness (QED) is 0.805. The highest BCUT2D eigenvalue weighted by Crippen LogP contribution is 2.31. The highest BCUT2D eigenvalue weighted by atomic mass is 35.5. The van der Waals surface area contributed by atoms with Gasteiger partial charge in [-0.05, 0) is 42.5 Å². The number of morpholine rings is 1. The molecule has 22 heavy (non-hydrogen) atoms. The molecule has 0 radical (unpaired) electrons. The van der Waals surface area contributed by atoms with Crippen molar-refractivity contribution < 1.29 is 13.2 Å². The maximum atomic E-state index is 12.5. The molecule has 2 aliphatic rings. The number of benzene rings is 1. The molecule has 1 aromatic carbocycles. The van der Waals surface area contributed by atoms with Crippen molar-refractivity contribution in [2.45, 2.75) is 25.3 Å². The standard InChI is InChI=1S/C14H21N3O3S.ClH/c15-12-4-5-13-11(10-12)2-1-3-14(13)16-21(18,19)17-6-8-20-9-7-17;/h4-5,10,14,16H,1-3,6-9,15H2;1H. The molecular formula is C14H22ClN3O3S. The minimum absolute atomic E-state index is 0. The summed E-state index contributed by atoms with van der Waals surface area (Å²) in [4.78, 5) is 0. The molecule has 1 aliphatic heterocycles. The van der Waals surface area contributed by atoms with Crippen molar-refractivity contribution in [2.75, 3.05) is 32.0 Å². The van der Waals surface area contributed by atoms with Crippen LogP contribution in [0.25, 0.3) is 0 Å². The molecule has 0 spiro atoms. The van der Waals surface area contributed by atoms with Crippen LogP contribution in [-0.2, 0) is 21.4 Å². The van der Waals surface area contributed by atoms with Gasteiger partial charge in [0.15, 0.2) is 0 Å². The number of ether oxygens (including phenoxy) is 1. The third-order valence-corrected chi connectivity index (χ3v) is 5.71. The van der Waals surface area contributed by atoms with Gasteiger partial charge in [0.1, 0.15) is 0 Å². The summed E-state index contributed by atoms with van der Waals surface area (Å²) in [6.07, 6.45) is 2.74. The normalized spacial score (nSPS) is 22.6. The Morgan fingerprint density at radius 3 is 2.73 bits per heavy atom. The molecule has 8 heteroatoms. The molecule has 1 heterocycles. The molecule has 1 saturated heterocycles. The second-order valence-corrected chi connectivity index (χ2v) is 7.24. The lowest BCUT2D eigenvalue weighted by atomic mass is 9.88. The zero-order chi connectivity index (χ0) is 14.9. The highest BCUT2D eigenvalue weighted by molar-refractivity contribution is 7.87. The summed E-state index contributed by atoms with van der Waals surface area (Å²) in [6.45, 7) is 1.74. The summed E-state index contributed by atoms with van der Waals surface area (Å²) < 4.78 is 34.4. The topological polar surface area (TPSA) is 84.7 Å². The largest absolute Gasteiger partial charge is 0.399 e. The molecule has 0 saturated carbocycles. The zero-order valence-corrected chi connectivity index (χ0v) is 14.0. The van der Waals surface area contributed by atoms with E-state index in [0.29, 0.717) is 26.3 Å². The van der Waals surface area contributed by atoms with Crippen molar-refractivity contribution in [2.24, 2.45) is 0 Å². The van der Waals surface area contributed by atoms with Gasteiger partial charge >= 0.3 is 0 Å². The number of hydrogen-bond acceptors (Lipinski definition) is 4. The van der Waals surface area contributed by atoms with Crippen molar-refractivity contribution >= 4 is 28.3 Å². The smallest absolute Gasteiger partial charge is 0.280 e. The molecule has 1 fully saturated rings. The number of rotatable bonds is 3. The van der Waals surface area contributed by atoms with E-state index < -0.39 is 10.2 Å². The first-order valence-electron chi connectivity index (χ1n) is 7.30. The maximum absolute atomic E-state index is 12.5. The van der Waals surface area contributed by atoms with Gasteiger partial charge in [0.2, 0.25) is 0 Å². The lowest BCUT2D eigenvalue weighted by Gasteiger charge is -2.31. The van der Waals surface area contributed by atoms with Crippen LogP contribution in [0, 0.1) is 0 Å². The molecule has 0 bridgehead atoms. The number of fused-ring (bicyclic) bond motifs is 1. The molecule has 0 amide bonds. The maximum Gasteiger partial charge on any atom is 0.280 e. The van der Waals surface area contributed by atoms with Crippen molar-refractivity contribution in [1.29, 1.82) is 0 Å². The van der Waals surface area contributed by atoms with Crippen LogP contribution in [0.1, 0.15) is 30.0 Å². The van der Waals surface area contributed by atoms with Crippen LogP contribution in [-0.4, -0.2) is 39.0 Å². The summed E-state index contributed by atoms with van der Waals surface area (Å²) in [5, 5.41) is 0. The van der Waals surface area contributed by atoms with Gasteiger partial charge in [-0.25, -0.2) is 0 Å². The molecule has 1 aromatic rings. The van der Waals surface area contributed by atoms with E-state index in [9.17, 15) is 8.42 Å². The third-order valence-electron chi connectivity index (χ3n) is 4.08.